The number of hydrogen-bond donors (Lipinski definition) is 5. The normalized spacial score (nSPS) is 18.1. The molecule has 2 saturated carbocycles. The van der Waals surface area contributed by atoms with Crippen LogP contribution in [-0.2, 0) is 16.0 Å². The summed E-state index contributed by atoms with van der Waals surface area (Å²) in [6.45, 7) is 2.65. The molecule has 11 nitrogen and oxygen atoms in total. The molecule has 0 radical (unpaired) electrons. The highest BCUT2D eigenvalue weighted by Gasteiger charge is 2.29. The standard InChI is InChI=1S/C36H42N8O3.ClH/c1-22-19-28(35(46)38-29-3-2-4-29)15-18-31(22)25-9-5-23(6-10-25)20-32(40-34(45)27-11-7-24(21-37)8-12-27)36(47)39-30-16-13-26(14-17-30)33-41-43-44-42-33;/h5-6,9-10,13-19,24,27,29,32H,2-4,7-8,11-12,20-21,37H2,1H3,(H,38,46)(H,39,47)(H,40,45)(H,41,42,43,44);1H/t24-,27-,32-;/m0./s1. The Bertz CT molecular complexity index is 1680. The number of aryl methyl sites for hydroxylation is 1. The number of nitrogens with zero attached hydrogens (tertiary/aromatic N) is 3. The van der Waals surface area contributed by atoms with Crippen LogP contribution in [0.25, 0.3) is 22.5 Å². The Balaban J connectivity index is 0.00000451. The van der Waals surface area contributed by atoms with E-state index in [2.05, 4.69) is 36.6 Å². The third kappa shape index (κ3) is 8.45. The average molecular weight is 671 g/mol. The van der Waals surface area contributed by atoms with Crippen LogP contribution in [0.5, 0.6) is 0 Å². The first-order valence-electron chi connectivity index (χ1n) is 16.5. The lowest BCUT2D eigenvalue weighted by Gasteiger charge is -2.28. The van der Waals surface area contributed by atoms with Gasteiger partial charge in [0.1, 0.15) is 6.04 Å². The van der Waals surface area contributed by atoms with Gasteiger partial charge in [-0.05, 0) is 133 Å². The number of benzene rings is 3. The smallest absolute Gasteiger partial charge is 0.251 e. The van der Waals surface area contributed by atoms with Gasteiger partial charge in [0, 0.05) is 35.2 Å². The van der Waals surface area contributed by atoms with Crippen LogP contribution >= 0.6 is 12.4 Å². The molecule has 12 heteroatoms. The molecule has 1 heterocycles. The lowest BCUT2D eigenvalue weighted by molar-refractivity contribution is -0.130. The molecule has 1 atom stereocenters. The first kappa shape index (κ1) is 34.7. The minimum absolute atomic E-state index is 0. The molecule has 4 aromatic rings. The van der Waals surface area contributed by atoms with Crippen molar-refractivity contribution in [3.05, 3.63) is 83.4 Å². The first-order valence-corrected chi connectivity index (χ1v) is 16.5. The Morgan fingerprint density at radius 3 is 2.23 bits per heavy atom. The topological polar surface area (TPSA) is 168 Å². The zero-order valence-electron chi connectivity index (χ0n) is 27.1. The van der Waals surface area contributed by atoms with Gasteiger partial charge < -0.3 is 21.7 Å². The predicted molar refractivity (Wildman–Crippen MR) is 187 cm³/mol. The molecule has 48 heavy (non-hydrogen) atoms. The van der Waals surface area contributed by atoms with Crippen LogP contribution in [0.4, 0.5) is 5.69 Å². The molecule has 0 unspecified atom stereocenters. The molecule has 0 aliphatic heterocycles. The number of hydrogen-bond acceptors (Lipinski definition) is 7. The molecule has 2 aliphatic rings. The highest BCUT2D eigenvalue weighted by atomic mass is 35.5. The second-order valence-corrected chi connectivity index (χ2v) is 12.9. The van der Waals surface area contributed by atoms with Gasteiger partial charge in [0.25, 0.3) is 5.91 Å². The molecule has 0 saturated heterocycles. The van der Waals surface area contributed by atoms with Crippen molar-refractivity contribution in [3.63, 3.8) is 0 Å². The number of H-pyrrole nitrogens is 1. The summed E-state index contributed by atoms with van der Waals surface area (Å²) in [6.07, 6.45) is 6.99. The Morgan fingerprint density at radius 2 is 1.62 bits per heavy atom. The Morgan fingerprint density at radius 1 is 0.917 bits per heavy atom. The third-order valence-electron chi connectivity index (χ3n) is 9.59. The maximum Gasteiger partial charge on any atom is 0.251 e. The maximum atomic E-state index is 13.6. The van der Waals surface area contributed by atoms with Crippen LogP contribution in [0.1, 0.15) is 66.4 Å². The number of aromatic nitrogens is 4. The second-order valence-electron chi connectivity index (χ2n) is 12.9. The third-order valence-corrected chi connectivity index (χ3v) is 9.59. The van der Waals surface area contributed by atoms with E-state index in [1.807, 2.05) is 61.5 Å². The largest absolute Gasteiger partial charge is 0.349 e. The van der Waals surface area contributed by atoms with Gasteiger partial charge in [-0.1, -0.05) is 30.3 Å². The summed E-state index contributed by atoms with van der Waals surface area (Å²) >= 11 is 0. The van der Waals surface area contributed by atoms with E-state index in [9.17, 15) is 14.4 Å². The number of aromatic amines is 1. The molecule has 3 amide bonds. The fourth-order valence-corrected chi connectivity index (χ4v) is 6.39. The molecular weight excluding hydrogens is 628 g/mol. The summed E-state index contributed by atoms with van der Waals surface area (Å²) in [6, 6.07) is 20.5. The van der Waals surface area contributed by atoms with E-state index < -0.39 is 6.04 Å². The van der Waals surface area contributed by atoms with E-state index in [-0.39, 0.29) is 36.0 Å². The van der Waals surface area contributed by atoms with Crippen molar-refractivity contribution < 1.29 is 14.4 Å². The number of carbonyl (C=O) groups is 3. The highest BCUT2D eigenvalue weighted by molar-refractivity contribution is 5.98. The molecule has 3 aromatic carbocycles. The van der Waals surface area contributed by atoms with Crippen LogP contribution in [0.3, 0.4) is 0 Å². The number of nitrogens with two attached hydrogens (primary N) is 1. The molecule has 2 fully saturated rings. The minimum atomic E-state index is -0.770. The number of anilines is 1. The summed E-state index contributed by atoms with van der Waals surface area (Å²) < 4.78 is 0. The zero-order chi connectivity index (χ0) is 32.8. The SMILES string of the molecule is Cc1cc(C(=O)NC2CCC2)ccc1-c1ccc(C[C@H](NC(=O)[C@H]2CC[C@H](CN)CC2)C(=O)Nc2ccc(-c3nnn[nH]3)cc2)cc1.Cl. The summed E-state index contributed by atoms with van der Waals surface area (Å²) in [7, 11) is 0. The number of rotatable bonds is 11. The van der Waals surface area contributed by atoms with Crippen molar-refractivity contribution in [2.45, 2.75) is 70.4 Å². The number of halogens is 1. The summed E-state index contributed by atoms with van der Waals surface area (Å²) in [5.41, 5.74) is 11.9. The summed E-state index contributed by atoms with van der Waals surface area (Å²) in [4.78, 5) is 39.7. The Hall–Kier alpha value is -4.61. The predicted octanol–water partition coefficient (Wildman–Crippen LogP) is 4.98. The fourth-order valence-electron chi connectivity index (χ4n) is 6.39. The second kappa shape index (κ2) is 16.0. The first-order chi connectivity index (χ1) is 22.9. The van der Waals surface area contributed by atoms with Crippen LogP contribution < -0.4 is 21.7 Å². The quantitative estimate of drug-likeness (QED) is 0.150. The van der Waals surface area contributed by atoms with Crippen LogP contribution in [-0.4, -0.2) is 57.0 Å². The van der Waals surface area contributed by atoms with Crippen molar-refractivity contribution >= 4 is 35.8 Å². The van der Waals surface area contributed by atoms with Gasteiger partial charge >= 0.3 is 0 Å². The Kier molecular flexibility index (Phi) is 11.6. The summed E-state index contributed by atoms with van der Waals surface area (Å²) in [5, 5.41) is 23.0. The van der Waals surface area contributed by atoms with Gasteiger partial charge in [0.2, 0.25) is 11.8 Å². The van der Waals surface area contributed by atoms with Gasteiger partial charge in [0.05, 0.1) is 0 Å². The van der Waals surface area contributed by atoms with Gasteiger partial charge in [-0.3, -0.25) is 14.4 Å². The van der Waals surface area contributed by atoms with Crippen LogP contribution in [0.2, 0.25) is 0 Å². The van der Waals surface area contributed by atoms with Crippen LogP contribution in [0.15, 0.2) is 66.7 Å². The molecule has 0 bridgehead atoms. The fraction of sp³-hybridized carbons (Fsp3) is 0.389. The van der Waals surface area contributed by atoms with Crippen molar-refractivity contribution in [2.75, 3.05) is 11.9 Å². The lowest BCUT2D eigenvalue weighted by atomic mass is 9.81. The highest BCUT2D eigenvalue weighted by Crippen LogP contribution is 2.29. The van der Waals surface area contributed by atoms with Crippen molar-refractivity contribution in [3.8, 4) is 22.5 Å². The van der Waals surface area contributed by atoms with E-state index in [0.29, 0.717) is 42.0 Å². The zero-order valence-corrected chi connectivity index (χ0v) is 27.9. The molecule has 0 spiro atoms. The van der Waals surface area contributed by atoms with Gasteiger partial charge in [-0.2, -0.15) is 0 Å². The van der Waals surface area contributed by atoms with Crippen LogP contribution in [0, 0.1) is 18.8 Å². The van der Waals surface area contributed by atoms with Crippen molar-refractivity contribution in [2.24, 2.45) is 17.6 Å². The van der Waals surface area contributed by atoms with E-state index in [4.69, 9.17) is 5.73 Å². The monoisotopic (exact) mass is 670 g/mol. The molecule has 6 N–H and O–H groups in total. The van der Waals surface area contributed by atoms with Gasteiger partial charge in [-0.25, -0.2) is 5.10 Å². The molecular formula is C36H43ClN8O3. The lowest BCUT2D eigenvalue weighted by Crippen LogP contribution is -2.48. The number of amides is 3. The average Bonchev–Trinajstić information content (AvgIpc) is 3.62. The molecule has 2 aliphatic carbocycles. The molecule has 6 rings (SSSR count). The number of tetrazole rings is 1. The molecule has 252 valence electrons. The number of nitrogens with one attached hydrogen (secondary N) is 4. The van der Waals surface area contributed by atoms with E-state index in [0.717, 1.165) is 66.3 Å². The van der Waals surface area contributed by atoms with Crippen molar-refractivity contribution in [1.29, 1.82) is 0 Å². The van der Waals surface area contributed by atoms with Gasteiger partial charge in [0.15, 0.2) is 5.82 Å². The van der Waals surface area contributed by atoms with E-state index in [1.54, 1.807) is 12.1 Å². The minimum Gasteiger partial charge on any atom is -0.349 e. The van der Waals surface area contributed by atoms with E-state index >= 15 is 0 Å². The molecule has 1 aromatic heterocycles. The Labute approximate surface area is 286 Å². The van der Waals surface area contributed by atoms with Crippen molar-refractivity contribution in [1.82, 2.24) is 31.3 Å². The number of carbonyl (C=O) groups excluding carboxylic acids is 3. The maximum absolute atomic E-state index is 13.6. The van der Waals surface area contributed by atoms with E-state index in [1.165, 1.54) is 6.42 Å². The summed E-state index contributed by atoms with van der Waals surface area (Å²) in [5.74, 6) is 0.438. The van der Waals surface area contributed by atoms with Gasteiger partial charge in [-0.15, -0.1) is 17.5 Å².